The number of halogens is 4. The Kier molecular flexibility index (Phi) is 8.80. The minimum Gasteiger partial charge on any atom is -0.477 e. The van der Waals surface area contributed by atoms with Crippen LogP contribution in [0.5, 0.6) is 5.75 Å². The molecular formula is C21H22F4N2O5S. The van der Waals surface area contributed by atoms with E-state index in [1.807, 2.05) is 0 Å². The maximum atomic E-state index is 13.7. The highest BCUT2D eigenvalue weighted by Crippen LogP contribution is 2.35. The summed E-state index contributed by atoms with van der Waals surface area (Å²) in [4.78, 5) is 39.3. The Morgan fingerprint density at radius 2 is 1.61 bits per heavy atom. The minimum absolute atomic E-state index is 0.00603. The van der Waals surface area contributed by atoms with Crippen molar-refractivity contribution in [3.8, 4) is 5.75 Å². The molecule has 1 heterocycles. The van der Waals surface area contributed by atoms with E-state index in [0.29, 0.717) is 13.1 Å². The Balaban J connectivity index is 2.32. The predicted molar refractivity (Wildman–Crippen MR) is 113 cm³/mol. The Labute approximate surface area is 191 Å². The second kappa shape index (κ2) is 11.1. The summed E-state index contributed by atoms with van der Waals surface area (Å²) < 4.78 is 63.7. The molecule has 1 N–H and O–H groups in total. The third-order valence-electron chi connectivity index (χ3n) is 4.54. The number of benzene rings is 1. The molecule has 2 aromatic rings. The van der Waals surface area contributed by atoms with Gasteiger partial charge in [0.2, 0.25) is 11.6 Å². The molecule has 0 saturated carbocycles. The van der Waals surface area contributed by atoms with E-state index < -0.39 is 47.5 Å². The summed E-state index contributed by atoms with van der Waals surface area (Å²) in [6.45, 7) is 6.49. The average Bonchev–Trinajstić information content (AvgIpc) is 3.08. The zero-order valence-electron chi connectivity index (χ0n) is 18.3. The van der Waals surface area contributed by atoms with E-state index in [4.69, 9.17) is 4.74 Å². The highest BCUT2D eigenvalue weighted by Gasteiger charge is 2.29. The Hall–Kier alpha value is -3.15. The first kappa shape index (κ1) is 26.1. The maximum Gasteiger partial charge on any atom is 0.341 e. The summed E-state index contributed by atoms with van der Waals surface area (Å²) in [7, 11) is 0. The molecule has 0 aliphatic heterocycles. The molecule has 0 aliphatic carbocycles. The molecular weight excluding hydrogens is 468 g/mol. The number of nitrogens with one attached hydrogen (secondary N) is 1. The van der Waals surface area contributed by atoms with Crippen LogP contribution in [-0.2, 0) is 9.53 Å². The normalized spacial score (nSPS) is 10.7. The second-order valence-electron chi connectivity index (χ2n) is 6.59. The molecule has 1 aromatic heterocycles. The zero-order valence-corrected chi connectivity index (χ0v) is 19.1. The molecule has 0 atom stereocenters. The van der Waals surface area contributed by atoms with Crippen LogP contribution in [0.3, 0.4) is 0 Å². The lowest BCUT2D eigenvalue weighted by Gasteiger charge is -2.18. The van der Waals surface area contributed by atoms with Gasteiger partial charge >= 0.3 is 5.97 Å². The minimum atomic E-state index is -1.80. The van der Waals surface area contributed by atoms with Crippen LogP contribution < -0.4 is 10.1 Å². The van der Waals surface area contributed by atoms with Gasteiger partial charge in [0.1, 0.15) is 5.00 Å². The fraction of sp³-hybridized carbons (Fsp3) is 0.381. The van der Waals surface area contributed by atoms with E-state index in [9.17, 15) is 31.9 Å². The summed E-state index contributed by atoms with van der Waals surface area (Å²) in [5, 5.41) is 2.29. The molecule has 0 spiro atoms. The molecule has 7 nitrogen and oxygen atoms in total. The number of hydrogen-bond acceptors (Lipinski definition) is 6. The fourth-order valence-electron chi connectivity index (χ4n) is 2.89. The van der Waals surface area contributed by atoms with Crippen LogP contribution in [0.2, 0.25) is 0 Å². The lowest BCUT2D eigenvalue weighted by Crippen LogP contribution is -2.30. The molecule has 0 aliphatic rings. The van der Waals surface area contributed by atoms with Gasteiger partial charge in [-0.3, -0.25) is 9.59 Å². The summed E-state index contributed by atoms with van der Waals surface area (Å²) in [5.41, 5.74) is 0.232. The van der Waals surface area contributed by atoms with E-state index in [2.05, 4.69) is 10.1 Å². The van der Waals surface area contributed by atoms with Crippen molar-refractivity contribution < 1.29 is 41.4 Å². The number of ether oxygens (including phenoxy) is 2. The van der Waals surface area contributed by atoms with Crippen LogP contribution in [0.15, 0.2) is 6.07 Å². The molecule has 12 heteroatoms. The van der Waals surface area contributed by atoms with Gasteiger partial charge in [0.25, 0.3) is 11.8 Å². The number of hydrogen-bond donors (Lipinski definition) is 1. The van der Waals surface area contributed by atoms with Gasteiger partial charge < -0.3 is 19.7 Å². The monoisotopic (exact) mass is 490 g/mol. The molecule has 0 radical (unpaired) electrons. The lowest BCUT2D eigenvalue weighted by molar-refractivity contribution is -0.118. The average molecular weight is 490 g/mol. The topological polar surface area (TPSA) is 84.9 Å². The van der Waals surface area contributed by atoms with Gasteiger partial charge in [-0.15, -0.1) is 11.3 Å². The van der Waals surface area contributed by atoms with Crippen LogP contribution >= 0.6 is 11.3 Å². The number of nitrogens with zero attached hydrogens (tertiary/aromatic N) is 1. The van der Waals surface area contributed by atoms with Gasteiger partial charge in [-0.2, -0.15) is 8.78 Å². The van der Waals surface area contributed by atoms with E-state index in [1.54, 1.807) is 20.8 Å². The van der Waals surface area contributed by atoms with Gasteiger partial charge in [-0.25, -0.2) is 13.6 Å². The van der Waals surface area contributed by atoms with Gasteiger partial charge in [-0.1, -0.05) is 0 Å². The first-order valence-electron chi connectivity index (χ1n) is 9.92. The lowest BCUT2D eigenvalue weighted by atomic mass is 10.1. The van der Waals surface area contributed by atoms with Gasteiger partial charge in [0.15, 0.2) is 24.0 Å². The van der Waals surface area contributed by atoms with Crippen LogP contribution in [0.25, 0.3) is 0 Å². The van der Waals surface area contributed by atoms with Crippen LogP contribution in [0.4, 0.5) is 22.6 Å². The fourth-order valence-corrected chi connectivity index (χ4v) is 4.07. The number of anilines is 1. The third-order valence-corrected chi connectivity index (χ3v) is 5.74. The second-order valence-corrected chi connectivity index (χ2v) is 7.61. The van der Waals surface area contributed by atoms with Gasteiger partial charge in [0, 0.05) is 19.2 Å². The van der Waals surface area contributed by atoms with Crippen LogP contribution in [0, 0.1) is 30.2 Å². The van der Waals surface area contributed by atoms with Crippen molar-refractivity contribution in [1.82, 2.24) is 4.90 Å². The van der Waals surface area contributed by atoms with Crippen LogP contribution in [0.1, 0.15) is 46.4 Å². The molecule has 2 amide bonds. The van der Waals surface area contributed by atoms with Crippen molar-refractivity contribution in [2.24, 2.45) is 0 Å². The zero-order chi connectivity index (χ0) is 24.9. The van der Waals surface area contributed by atoms with E-state index in [0.717, 1.165) is 11.3 Å². The van der Waals surface area contributed by atoms with Crippen molar-refractivity contribution in [3.05, 3.63) is 45.3 Å². The highest BCUT2D eigenvalue weighted by molar-refractivity contribution is 7.18. The van der Waals surface area contributed by atoms with E-state index in [1.165, 1.54) is 11.8 Å². The van der Waals surface area contributed by atoms with Crippen LogP contribution in [-0.4, -0.2) is 49.0 Å². The molecule has 0 fully saturated rings. The van der Waals surface area contributed by atoms with Crippen molar-refractivity contribution in [2.45, 2.75) is 27.7 Å². The Bertz CT molecular complexity index is 1040. The number of amides is 2. The van der Waals surface area contributed by atoms with Crippen molar-refractivity contribution in [2.75, 3.05) is 31.6 Å². The Morgan fingerprint density at radius 3 is 2.12 bits per heavy atom. The molecule has 2 rings (SSSR count). The molecule has 0 unspecified atom stereocenters. The Morgan fingerprint density at radius 1 is 1.03 bits per heavy atom. The van der Waals surface area contributed by atoms with E-state index >= 15 is 0 Å². The number of esters is 1. The first-order valence-corrected chi connectivity index (χ1v) is 10.7. The smallest absolute Gasteiger partial charge is 0.341 e. The summed E-state index contributed by atoms with van der Waals surface area (Å²) >= 11 is 0.821. The number of carbonyl (C=O) groups is 3. The van der Waals surface area contributed by atoms with Gasteiger partial charge in [-0.05, 0) is 33.3 Å². The number of rotatable bonds is 9. The summed E-state index contributed by atoms with van der Waals surface area (Å²) in [6.07, 6.45) is 0. The molecule has 33 heavy (non-hydrogen) atoms. The largest absolute Gasteiger partial charge is 0.477 e. The predicted octanol–water partition coefficient (Wildman–Crippen LogP) is 4.29. The summed E-state index contributed by atoms with van der Waals surface area (Å²) in [5.74, 6) is -10.5. The third kappa shape index (κ3) is 5.62. The first-order chi connectivity index (χ1) is 15.6. The highest BCUT2D eigenvalue weighted by atomic mass is 32.1. The van der Waals surface area contributed by atoms with Gasteiger partial charge in [0.05, 0.1) is 17.0 Å². The molecule has 0 saturated heterocycles. The number of carbonyl (C=O) groups excluding carboxylic acids is 3. The molecule has 180 valence electrons. The van der Waals surface area contributed by atoms with E-state index in [-0.39, 0.29) is 39.6 Å². The number of thiophene rings is 1. The standard InChI is InChI=1S/C21H22F4N2O5S/c1-5-27(6-2)20(29)18-10(4)14(21(30)31-7-3)19(33-18)26-13(28)9-32-17-15(24)11(22)8-12(23)16(17)25/h8H,5-7,9H2,1-4H3,(H,26,28). The van der Waals surface area contributed by atoms with Crippen molar-refractivity contribution in [3.63, 3.8) is 0 Å². The maximum absolute atomic E-state index is 13.7. The van der Waals surface area contributed by atoms with Crippen molar-refractivity contribution in [1.29, 1.82) is 0 Å². The quantitative estimate of drug-likeness (QED) is 0.322. The SMILES string of the molecule is CCOC(=O)c1c(NC(=O)COc2c(F)c(F)cc(F)c2F)sc(C(=O)N(CC)CC)c1C. The molecule has 1 aromatic carbocycles. The summed E-state index contributed by atoms with van der Waals surface area (Å²) in [6, 6.07) is 0.00603. The molecule has 0 bridgehead atoms. The van der Waals surface area contributed by atoms with Crippen molar-refractivity contribution >= 4 is 34.1 Å².